The van der Waals surface area contributed by atoms with Crippen LogP contribution in [0.2, 0.25) is 5.02 Å². The third-order valence-corrected chi connectivity index (χ3v) is 4.18. The van der Waals surface area contributed by atoms with E-state index < -0.39 is 0 Å². The Labute approximate surface area is 140 Å². The molecule has 0 aliphatic carbocycles. The van der Waals surface area contributed by atoms with Crippen molar-refractivity contribution in [1.82, 2.24) is 0 Å². The van der Waals surface area contributed by atoms with Crippen LogP contribution in [0.4, 0.5) is 5.69 Å². The highest BCUT2D eigenvalue weighted by atomic mass is 79.9. The van der Waals surface area contributed by atoms with Gasteiger partial charge in [-0.25, -0.2) is 0 Å². The quantitative estimate of drug-likeness (QED) is 0.763. The standard InChI is InChI=1S/C16H11BrClNO3/c1-22-15-5-8(12(18)7-14(15)20)4-11-10-6-9(17)2-3-13(10)19-16(11)21/h2-7,20H,1H3,(H,19,21)/b11-4+. The first-order valence-electron chi connectivity index (χ1n) is 6.39. The Morgan fingerprint density at radius 3 is 2.82 bits per heavy atom. The monoisotopic (exact) mass is 379 g/mol. The molecule has 0 aromatic heterocycles. The van der Waals surface area contributed by atoms with E-state index >= 15 is 0 Å². The lowest BCUT2D eigenvalue weighted by molar-refractivity contribution is -0.110. The van der Waals surface area contributed by atoms with Crippen LogP contribution in [0.3, 0.4) is 0 Å². The first kappa shape index (κ1) is 14.9. The zero-order chi connectivity index (χ0) is 15.9. The van der Waals surface area contributed by atoms with E-state index in [-0.39, 0.29) is 11.7 Å². The summed E-state index contributed by atoms with van der Waals surface area (Å²) in [4.78, 5) is 12.2. The van der Waals surface area contributed by atoms with Crippen molar-refractivity contribution in [3.8, 4) is 11.5 Å². The summed E-state index contributed by atoms with van der Waals surface area (Å²) in [5.74, 6) is 0.0500. The molecule has 0 saturated carbocycles. The van der Waals surface area contributed by atoms with Gasteiger partial charge in [0.25, 0.3) is 5.91 Å². The van der Waals surface area contributed by atoms with E-state index in [1.165, 1.54) is 13.2 Å². The number of phenolic OH excluding ortho intramolecular Hbond substituents is 1. The largest absolute Gasteiger partial charge is 0.504 e. The Hall–Kier alpha value is -1.98. The van der Waals surface area contributed by atoms with Gasteiger partial charge in [0.2, 0.25) is 0 Å². The van der Waals surface area contributed by atoms with Crippen LogP contribution >= 0.6 is 27.5 Å². The molecule has 0 spiro atoms. The first-order valence-corrected chi connectivity index (χ1v) is 7.56. The molecule has 3 rings (SSSR count). The average Bonchev–Trinajstić information content (AvgIpc) is 2.77. The molecule has 0 fully saturated rings. The maximum atomic E-state index is 12.2. The van der Waals surface area contributed by atoms with Gasteiger partial charge in [-0.1, -0.05) is 27.5 Å². The van der Waals surface area contributed by atoms with Crippen LogP contribution < -0.4 is 10.1 Å². The minimum absolute atomic E-state index is 0.0475. The van der Waals surface area contributed by atoms with Crippen molar-refractivity contribution in [2.45, 2.75) is 0 Å². The highest BCUT2D eigenvalue weighted by molar-refractivity contribution is 9.10. The van der Waals surface area contributed by atoms with Crippen molar-refractivity contribution in [3.63, 3.8) is 0 Å². The van der Waals surface area contributed by atoms with Gasteiger partial charge in [-0.3, -0.25) is 4.79 Å². The predicted molar refractivity (Wildman–Crippen MR) is 90.3 cm³/mol. The fourth-order valence-corrected chi connectivity index (χ4v) is 2.87. The fourth-order valence-electron chi connectivity index (χ4n) is 2.29. The van der Waals surface area contributed by atoms with E-state index in [0.29, 0.717) is 21.9 Å². The average molecular weight is 381 g/mol. The molecule has 6 heteroatoms. The van der Waals surface area contributed by atoms with Gasteiger partial charge >= 0.3 is 0 Å². The fraction of sp³-hybridized carbons (Fsp3) is 0.0625. The van der Waals surface area contributed by atoms with Gasteiger partial charge in [0.1, 0.15) is 0 Å². The second-order valence-electron chi connectivity index (χ2n) is 4.75. The van der Waals surface area contributed by atoms with E-state index in [0.717, 1.165) is 15.7 Å². The number of nitrogens with one attached hydrogen (secondary N) is 1. The Bertz CT molecular complexity index is 817. The summed E-state index contributed by atoms with van der Waals surface area (Å²) in [6.45, 7) is 0. The Kier molecular flexibility index (Phi) is 3.85. The van der Waals surface area contributed by atoms with E-state index in [9.17, 15) is 9.90 Å². The van der Waals surface area contributed by atoms with Crippen LogP contribution in [0.15, 0.2) is 34.8 Å². The lowest BCUT2D eigenvalue weighted by Crippen LogP contribution is -2.03. The molecule has 0 atom stereocenters. The molecule has 0 bridgehead atoms. The number of aromatic hydroxyl groups is 1. The Morgan fingerprint density at radius 1 is 1.32 bits per heavy atom. The molecule has 1 aliphatic rings. The molecule has 1 heterocycles. The first-order chi connectivity index (χ1) is 10.5. The summed E-state index contributed by atoms with van der Waals surface area (Å²) in [7, 11) is 1.45. The number of anilines is 1. The normalized spacial score (nSPS) is 14.9. The van der Waals surface area contributed by atoms with E-state index in [4.69, 9.17) is 16.3 Å². The van der Waals surface area contributed by atoms with Gasteiger partial charge in [-0.2, -0.15) is 0 Å². The van der Waals surface area contributed by atoms with Crippen LogP contribution in [0.1, 0.15) is 11.1 Å². The third kappa shape index (κ3) is 2.58. The number of rotatable bonds is 2. The van der Waals surface area contributed by atoms with Crippen molar-refractivity contribution in [2.24, 2.45) is 0 Å². The van der Waals surface area contributed by atoms with Crippen LogP contribution in [-0.4, -0.2) is 18.1 Å². The number of amides is 1. The zero-order valence-corrected chi connectivity index (χ0v) is 13.8. The van der Waals surface area contributed by atoms with Gasteiger partial charge in [0.15, 0.2) is 11.5 Å². The maximum Gasteiger partial charge on any atom is 0.256 e. The molecule has 0 radical (unpaired) electrons. The Balaban J connectivity index is 2.14. The van der Waals surface area contributed by atoms with Gasteiger partial charge < -0.3 is 15.2 Å². The maximum absolute atomic E-state index is 12.2. The van der Waals surface area contributed by atoms with E-state index in [1.807, 2.05) is 18.2 Å². The van der Waals surface area contributed by atoms with E-state index in [1.54, 1.807) is 12.1 Å². The topological polar surface area (TPSA) is 58.6 Å². The minimum Gasteiger partial charge on any atom is -0.504 e. The number of benzene rings is 2. The number of phenols is 1. The second-order valence-corrected chi connectivity index (χ2v) is 6.07. The van der Waals surface area contributed by atoms with Crippen molar-refractivity contribution in [3.05, 3.63) is 51.0 Å². The minimum atomic E-state index is -0.198. The number of hydrogen-bond donors (Lipinski definition) is 2. The SMILES string of the molecule is COc1cc(/C=C2/C(=O)Nc3ccc(Br)cc32)c(Cl)cc1O. The number of carbonyl (C=O) groups is 1. The number of methoxy groups -OCH3 is 1. The summed E-state index contributed by atoms with van der Waals surface area (Å²) in [5.41, 5.74) is 2.64. The van der Waals surface area contributed by atoms with Crippen molar-refractivity contribution in [2.75, 3.05) is 12.4 Å². The number of fused-ring (bicyclic) bond motifs is 1. The lowest BCUT2D eigenvalue weighted by Gasteiger charge is -2.07. The van der Waals surface area contributed by atoms with Crippen LogP contribution in [0.5, 0.6) is 11.5 Å². The molecule has 4 nitrogen and oxygen atoms in total. The highest BCUT2D eigenvalue weighted by Crippen LogP contribution is 2.38. The van der Waals surface area contributed by atoms with Crippen molar-refractivity contribution in [1.29, 1.82) is 0 Å². The molecule has 0 unspecified atom stereocenters. The molecule has 2 N–H and O–H groups in total. The molecular weight excluding hydrogens is 370 g/mol. The molecule has 2 aromatic rings. The molecular formula is C16H11BrClNO3. The van der Waals surface area contributed by atoms with Crippen molar-refractivity contribution >= 4 is 50.8 Å². The third-order valence-electron chi connectivity index (χ3n) is 3.36. The van der Waals surface area contributed by atoms with Crippen LogP contribution in [-0.2, 0) is 4.79 Å². The van der Waals surface area contributed by atoms with Crippen molar-refractivity contribution < 1.29 is 14.6 Å². The van der Waals surface area contributed by atoms with Crippen LogP contribution in [0, 0.1) is 0 Å². The molecule has 0 saturated heterocycles. The number of halogens is 2. The van der Waals surface area contributed by atoms with Gasteiger partial charge in [0, 0.05) is 27.4 Å². The summed E-state index contributed by atoms with van der Waals surface area (Å²) < 4.78 is 5.95. The summed E-state index contributed by atoms with van der Waals surface area (Å²) in [6, 6.07) is 8.54. The molecule has 1 aliphatic heterocycles. The van der Waals surface area contributed by atoms with Gasteiger partial charge in [0.05, 0.1) is 12.1 Å². The number of carbonyl (C=O) groups excluding carboxylic acids is 1. The summed E-state index contributed by atoms with van der Waals surface area (Å²) in [5, 5.41) is 12.8. The number of hydrogen-bond acceptors (Lipinski definition) is 3. The Morgan fingerprint density at radius 2 is 2.09 bits per heavy atom. The highest BCUT2D eigenvalue weighted by Gasteiger charge is 2.24. The van der Waals surface area contributed by atoms with E-state index in [2.05, 4.69) is 21.2 Å². The second kappa shape index (κ2) is 5.66. The summed E-state index contributed by atoms with van der Waals surface area (Å²) in [6.07, 6.45) is 1.68. The molecule has 22 heavy (non-hydrogen) atoms. The summed E-state index contributed by atoms with van der Waals surface area (Å²) >= 11 is 9.54. The van der Waals surface area contributed by atoms with Crippen LogP contribution in [0.25, 0.3) is 11.6 Å². The van der Waals surface area contributed by atoms with Gasteiger partial charge in [-0.05, 0) is 35.9 Å². The smallest absolute Gasteiger partial charge is 0.256 e. The predicted octanol–water partition coefficient (Wildman–Crippen LogP) is 4.31. The molecule has 1 amide bonds. The number of ether oxygens (including phenoxy) is 1. The molecule has 2 aromatic carbocycles. The molecule has 112 valence electrons. The lowest BCUT2D eigenvalue weighted by atomic mass is 10.0. The zero-order valence-electron chi connectivity index (χ0n) is 11.5. The van der Waals surface area contributed by atoms with Gasteiger partial charge in [-0.15, -0.1) is 0 Å².